The van der Waals surface area contributed by atoms with Gasteiger partial charge in [0.25, 0.3) is 5.56 Å². The predicted molar refractivity (Wildman–Crippen MR) is 140 cm³/mol. The van der Waals surface area contributed by atoms with Crippen LogP contribution in [-0.2, 0) is 11.8 Å². The second kappa shape index (κ2) is 9.45. The van der Waals surface area contributed by atoms with Gasteiger partial charge in [-0.2, -0.15) is 0 Å². The molecule has 0 radical (unpaired) electrons. The number of anilines is 2. The zero-order chi connectivity index (χ0) is 26.3. The number of fused-ring (bicyclic) bond motifs is 1. The first-order valence-corrected chi connectivity index (χ1v) is 11.9. The second-order valence-electron chi connectivity index (χ2n) is 9.15. The molecule has 1 saturated carbocycles. The van der Waals surface area contributed by atoms with Gasteiger partial charge in [0.05, 0.1) is 18.5 Å². The van der Waals surface area contributed by atoms with Crippen LogP contribution >= 0.6 is 0 Å². The topological polar surface area (TPSA) is 134 Å². The standard InChI is InChI=1S/C27H26FN7O2/c1-15(33-26-22(23(29)34(2)14-32-26)25(31)37-24(30)16-11-12-16)20-13-17-7-6-10-19(28)21(17)27(36)35(20)18-8-4-3-5-9-18/h3-10,13-16,30H,11-12H2,1-2H3,(H3,29,31,33)/p+1. The SMILES string of the molecule is CC(Nc1nc[n+](C)c(N)c1C(=N)OC(=N)C1CC1)c1cc2cccc(F)c2c(=O)n1-c1ccccc1. The Morgan fingerprint density at radius 2 is 1.95 bits per heavy atom. The van der Waals surface area contributed by atoms with Crippen LogP contribution in [0.5, 0.6) is 0 Å². The molecule has 1 aliphatic rings. The highest BCUT2D eigenvalue weighted by molar-refractivity contribution is 6.05. The quantitative estimate of drug-likeness (QED) is 0.181. The Hall–Kier alpha value is -4.60. The van der Waals surface area contributed by atoms with Gasteiger partial charge >= 0.3 is 0 Å². The molecule has 0 spiro atoms. The number of nitrogens with one attached hydrogen (secondary N) is 3. The summed E-state index contributed by atoms with van der Waals surface area (Å²) in [6.45, 7) is 1.84. The van der Waals surface area contributed by atoms with Gasteiger partial charge in [0.1, 0.15) is 5.82 Å². The molecule has 2 heterocycles. The smallest absolute Gasteiger partial charge is 0.266 e. The molecule has 37 heavy (non-hydrogen) atoms. The Morgan fingerprint density at radius 3 is 2.65 bits per heavy atom. The van der Waals surface area contributed by atoms with Crippen LogP contribution in [0.4, 0.5) is 16.0 Å². The molecule has 9 nitrogen and oxygen atoms in total. The second-order valence-corrected chi connectivity index (χ2v) is 9.15. The van der Waals surface area contributed by atoms with E-state index in [1.807, 2.05) is 13.0 Å². The van der Waals surface area contributed by atoms with Gasteiger partial charge in [0.15, 0.2) is 11.5 Å². The van der Waals surface area contributed by atoms with Crippen molar-refractivity contribution in [1.29, 1.82) is 10.8 Å². The van der Waals surface area contributed by atoms with E-state index in [1.54, 1.807) is 54.1 Å². The largest absolute Gasteiger partial charge is 0.424 e. The number of hydrogen-bond acceptors (Lipinski definition) is 7. The molecule has 0 saturated heterocycles. The van der Waals surface area contributed by atoms with Crippen molar-refractivity contribution < 1.29 is 13.7 Å². The van der Waals surface area contributed by atoms with Crippen molar-refractivity contribution in [2.24, 2.45) is 13.0 Å². The maximum Gasteiger partial charge on any atom is 0.266 e. The average molecular weight is 501 g/mol. The summed E-state index contributed by atoms with van der Waals surface area (Å²) in [4.78, 5) is 18.0. The van der Waals surface area contributed by atoms with Crippen LogP contribution < -0.4 is 21.2 Å². The van der Waals surface area contributed by atoms with E-state index < -0.39 is 17.4 Å². The van der Waals surface area contributed by atoms with Crippen molar-refractivity contribution in [1.82, 2.24) is 9.55 Å². The number of benzene rings is 2. The number of aromatic nitrogens is 3. The first-order chi connectivity index (χ1) is 17.8. The van der Waals surface area contributed by atoms with E-state index in [9.17, 15) is 9.18 Å². The summed E-state index contributed by atoms with van der Waals surface area (Å²) in [5.41, 5.74) is 7.18. The molecule has 2 aromatic heterocycles. The fraction of sp³-hybridized carbons (Fsp3) is 0.222. The number of halogens is 1. The van der Waals surface area contributed by atoms with Crippen molar-refractivity contribution in [3.05, 3.63) is 88.4 Å². The Morgan fingerprint density at radius 1 is 1.22 bits per heavy atom. The number of ether oxygens (including phenoxy) is 1. The number of pyridine rings is 1. The molecular formula is C27H27FN7O2+. The maximum atomic E-state index is 14.7. The van der Waals surface area contributed by atoms with Crippen molar-refractivity contribution in [3.63, 3.8) is 0 Å². The highest BCUT2D eigenvalue weighted by Crippen LogP contribution is 2.32. The third kappa shape index (κ3) is 4.53. The lowest BCUT2D eigenvalue weighted by Crippen LogP contribution is -2.36. The molecule has 1 fully saturated rings. The van der Waals surface area contributed by atoms with E-state index in [0.29, 0.717) is 16.8 Å². The molecule has 1 atom stereocenters. The number of hydrogen-bond donors (Lipinski definition) is 4. The van der Waals surface area contributed by atoms with Crippen LogP contribution in [0.2, 0.25) is 0 Å². The van der Waals surface area contributed by atoms with Crippen LogP contribution in [0, 0.1) is 22.6 Å². The number of aryl methyl sites for hydroxylation is 1. The zero-order valence-corrected chi connectivity index (χ0v) is 20.5. The van der Waals surface area contributed by atoms with E-state index >= 15 is 0 Å². The minimum Gasteiger partial charge on any atom is -0.424 e. The normalized spacial score (nSPS) is 13.8. The van der Waals surface area contributed by atoms with Gasteiger partial charge in [-0.25, -0.2) is 8.96 Å². The van der Waals surface area contributed by atoms with Gasteiger partial charge in [-0.1, -0.05) is 35.3 Å². The third-order valence-corrected chi connectivity index (χ3v) is 6.46. The lowest BCUT2D eigenvalue weighted by molar-refractivity contribution is -0.659. The molecule has 2 aromatic carbocycles. The Labute approximate surface area is 212 Å². The summed E-state index contributed by atoms with van der Waals surface area (Å²) in [5, 5.41) is 20.3. The van der Waals surface area contributed by atoms with Gasteiger partial charge < -0.3 is 15.8 Å². The lowest BCUT2D eigenvalue weighted by atomic mass is 10.1. The van der Waals surface area contributed by atoms with Crippen LogP contribution in [0.25, 0.3) is 16.5 Å². The molecule has 188 valence electrons. The van der Waals surface area contributed by atoms with Crippen LogP contribution in [-0.4, -0.2) is 21.3 Å². The molecule has 0 amide bonds. The first kappa shape index (κ1) is 24.1. The van der Waals surface area contributed by atoms with Crippen LogP contribution in [0.15, 0.2) is 65.7 Å². The van der Waals surface area contributed by atoms with E-state index in [1.165, 1.54) is 17.0 Å². The van der Waals surface area contributed by atoms with Crippen molar-refractivity contribution in [2.45, 2.75) is 25.8 Å². The molecule has 10 heteroatoms. The van der Waals surface area contributed by atoms with Gasteiger partial charge in [-0.05, 0) is 49.4 Å². The fourth-order valence-electron chi connectivity index (χ4n) is 4.27. The molecule has 1 aliphatic carbocycles. The summed E-state index contributed by atoms with van der Waals surface area (Å²) < 4.78 is 23.2. The van der Waals surface area contributed by atoms with Gasteiger partial charge in [-0.3, -0.25) is 20.2 Å². The number of nitrogens with two attached hydrogens (primary N) is 1. The number of rotatable bonds is 6. The Bertz CT molecular complexity index is 1600. The summed E-state index contributed by atoms with van der Waals surface area (Å²) in [6.07, 6.45) is 3.24. The molecule has 4 aromatic rings. The average Bonchev–Trinajstić information content (AvgIpc) is 3.72. The van der Waals surface area contributed by atoms with Crippen molar-refractivity contribution >= 4 is 34.2 Å². The minimum absolute atomic E-state index is 0.00543. The van der Waals surface area contributed by atoms with E-state index in [4.69, 9.17) is 21.3 Å². The third-order valence-electron chi connectivity index (χ3n) is 6.46. The highest BCUT2D eigenvalue weighted by Gasteiger charge is 2.32. The van der Waals surface area contributed by atoms with Gasteiger partial charge in [0, 0.05) is 17.3 Å². The van der Waals surface area contributed by atoms with E-state index in [0.717, 1.165) is 12.8 Å². The van der Waals surface area contributed by atoms with Gasteiger partial charge in [-0.15, -0.1) is 0 Å². The minimum atomic E-state index is -0.588. The molecule has 1 unspecified atom stereocenters. The molecule has 5 rings (SSSR count). The number of para-hydroxylation sites is 1. The van der Waals surface area contributed by atoms with Gasteiger partial charge in [0.2, 0.25) is 23.9 Å². The monoisotopic (exact) mass is 500 g/mol. The fourth-order valence-corrected chi connectivity index (χ4v) is 4.27. The highest BCUT2D eigenvalue weighted by atomic mass is 19.1. The summed E-state index contributed by atoms with van der Waals surface area (Å²) in [5.74, 6) is -0.309. The molecule has 5 N–H and O–H groups in total. The van der Waals surface area contributed by atoms with Crippen LogP contribution in [0.1, 0.15) is 37.1 Å². The van der Waals surface area contributed by atoms with E-state index in [2.05, 4.69) is 10.3 Å². The molecule has 0 aliphatic heterocycles. The zero-order valence-electron chi connectivity index (χ0n) is 20.5. The summed E-state index contributed by atoms with van der Waals surface area (Å²) >= 11 is 0. The number of nitrogens with zero attached hydrogens (tertiary/aromatic N) is 3. The lowest BCUT2D eigenvalue weighted by Gasteiger charge is -2.22. The Kier molecular flexibility index (Phi) is 6.16. The van der Waals surface area contributed by atoms with Crippen molar-refractivity contribution in [3.8, 4) is 5.69 Å². The predicted octanol–water partition coefficient (Wildman–Crippen LogP) is 3.83. The summed E-state index contributed by atoms with van der Waals surface area (Å²) in [6, 6.07) is 14.8. The van der Waals surface area contributed by atoms with Crippen LogP contribution in [0.3, 0.4) is 0 Å². The Balaban J connectivity index is 1.60. The van der Waals surface area contributed by atoms with Crippen molar-refractivity contribution in [2.75, 3.05) is 11.1 Å². The first-order valence-electron chi connectivity index (χ1n) is 11.9. The van der Waals surface area contributed by atoms with E-state index in [-0.39, 0.29) is 40.3 Å². The molecular weight excluding hydrogens is 473 g/mol. The number of nitrogen functional groups attached to an aromatic ring is 1. The summed E-state index contributed by atoms with van der Waals surface area (Å²) in [7, 11) is 1.70. The molecule has 0 bridgehead atoms. The maximum absolute atomic E-state index is 14.7.